The van der Waals surface area contributed by atoms with Gasteiger partial charge in [0.25, 0.3) is 0 Å². The highest BCUT2D eigenvalue weighted by molar-refractivity contribution is 9.11. The van der Waals surface area contributed by atoms with Crippen LogP contribution >= 0.6 is 15.9 Å². The number of aliphatic carboxylic acids is 1. The number of rotatable bonds is 4. The molecule has 0 heterocycles. The Kier molecular flexibility index (Phi) is 5.30. The molecule has 10 heavy (non-hydrogen) atoms. The van der Waals surface area contributed by atoms with Gasteiger partial charge in [-0.1, -0.05) is 29.3 Å². The molecule has 0 aliphatic heterocycles. The van der Waals surface area contributed by atoms with E-state index in [4.69, 9.17) is 5.11 Å². The van der Waals surface area contributed by atoms with Crippen molar-refractivity contribution in [2.45, 2.75) is 26.2 Å². The highest BCUT2D eigenvalue weighted by atomic mass is 79.9. The monoisotopic (exact) mass is 206 g/mol. The van der Waals surface area contributed by atoms with Crippen LogP contribution in [0.25, 0.3) is 0 Å². The molecule has 58 valence electrons. The van der Waals surface area contributed by atoms with Crippen molar-refractivity contribution in [3.05, 3.63) is 10.6 Å². The molecule has 0 rings (SSSR count). The molecule has 0 saturated heterocycles. The van der Waals surface area contributed by atoms with Crippen LogP contribution in [0.5, 0.6) is 0 Å². The lowest BCUT2D eigenvalue weighted by Crippen LogP contribution is -1.88. The summed E-state index contributed by atoms with van der Waals surface area (Å²) in [5.41, 5.74) is 0. The minimum atomic E-state index is -0.886. The van der Waals surface area contributed by atoms with Gasteiger partial charge in [0, 0.05) is 10.6 Å². The van der Waals surface area contributed by atoms with Gasteiger partial charge in [-0.15, -0.1) is 0 Å². The van der Waals surface area contributed by atoms with Crippen LogP contribution in [0.1, 0.15) is 26.2 Å². The molecule has 0 spiro atoms. The van der Waals surface area contributed by atoms with Gasteiger partial charge in [0.1, 0.15) is 0 Å². The number of carboxylic acid groups (broad SMARTS) is 1. The zero-order valence-electron chi connectivity index (χ0n) is 5.93. The number of allylic oxidation sites excluding steroid dienone is 1. The maximum atomic E-state index is 10.1. The number of carbonyl (C=O) groups is 1. The molecule has 0 saturated carbocycles. The van der Waals surface area contributed by atoms with E-state index in [-0.39, 0.29) is 0 Å². The van der Waals surface area contributed by atoms with E-state index in [1.54, 1.807) is 0 Å². The predicted octanol–water partition coefficient (Wildman–Crippen LogP) is 2.54. The van der Waals surface area contributed by atoms with E-state index in [1.165, 1.54) is 6.08 Å². The molecular weight excluding hydrogens is 196 g/mol. The Morgan fingerprint density at radius 1 is 1.70 bits per heavy atom. The molecule has 0 fully saturated rings. The highest BCUT2D eigenvalue weighted by Gasteiger charge is 1.94. The number of hydrogen-bond acceptors (Lipinski definition) is 1. The normalized spacial score (nSPS) is 11.6. The summed E-state index contributed by atoms with van der Waals surface area (Å²) in [6, 6.07) is 0. The summed E-state index contributed by atoms with van der Waals surface area (Å²) in [6.07, 6.45) is 4.13. The number of carboxylic acids is 1. The second kappa shape index (κ2) is 5.47. The predicted molar refractivity (Wildman–Crippen MR) is 44.2 cm³/mol. The fraction of sp³-hybridized carbons (Fsp3) is 0.571. The summed E-state index contributed by atoms with van der Waals surface area (Å²) >= 11 is 3.16. The maximum Gasteiger partial charge on any atom is 0.329 e. The molecule has 0 aliphatic rings. The minimum absolute atomic E-state index is 0.766. The van der Waals surface area contributed by atoms with Gasteiger partial charge in [0.15, 0.2) is 0 Å². The van der Waals surface area contributed by atoms with Gasteiger partial charge in [-0.25, -0.2) is 4.79 Å². The molecule has 0 radical (unpaired) electrons. The van der Waals surface area contributed by atoms with E-state index >= 15 is 0 Å². The number of unbranched alkanes of at least 4 members (excludes halogenated alkanes) is 1. The molecule has 2 nitrogen and oxygen atoms in total. The molecular formula is C7H11BrO2. The third-order valence-corrected chi connectivity index (χ3v) is 1.67. The fourth-order valence-corrected chi connectivity index (χ4v) is 1.03. The summed E-state index contributed by atoms with van der Waals surface area (Å²) in [6.45, 7) is 2.07. The van der Waals surface area contributed by atoms with Crippen molar-refractivity contribution >= 4 is 21.9 Å². The molecule has 0 aliphatic carbocycles. The third-order valence-electron chi connectivity index (χ3n) is 1.05. The van der Waals surface area contributed by atoms with Gasteiger partial charge in [0.05, 0.1) is 0 Å². The molecule has 1 N–H and O–H groups in total. The second-order valence-corrected chi connectivity index (χ2v) is 3.05. The molecule has 0 atom stereocenters. The Hall–Kier alpha value is -0.310. The van der Waals surface area contributed by atoms with Crippen LogP contribution in [0.2, 0.25) is 0 Å². The van der Waals surface area contributed by atoms with Gasteiger partial charge in [-0.3, -0.25) is 0 Å². The lowest BCUT2D eigenvalue weighted by molar-refractivity contribution is -0.131. The number of hydrogen-bond donors (Lipinski definition) is 1. The standard InChI is InChI=1S/C7H11BrO2/c1-2-3-4-6(8)5-7(9)10/h5H,2-4H2,1H3,(H,9,10)/b6-5-. The first-order chi connectivity index (χ1) is 4.66. The molecule has 3 heteroatoms. The lowest BCUT2D eigenvalue weighted by atomic mass is 10.2. The minimum Gasteiger partial charge on any atom is -0.478 e. The average Bonchev–Trinajstić information content (AvgIpc) is 1.82. The maximum absolute atomic E-state index is 10.1. The quantitative estimate of drug-likeness (QED) is 0.719. The summed E-state index contributed by atoms with van der Waals surface area (Å²) < 4.78 is 0.766. The van der Waals surface area contributed by atoms with Crippen molar-refractivity contribution in [2.24, 2.45) is 0 Å². The van der Waals surface area contributed by atoms with Crippen molar-refractivity contribution in [3.8, 4) is 0 Å². The third kappa shape index (κ3) is 5.82. The Bertz CT molecular complexity index is 141. The van der Waals surface area contributed by atoms with Gasteiger partial charge in [-0.2, -0.15) is 0 Å². The second-order valence-electron chi connectivity index (χ2n) is 2.03. The number of halogens is 1. The van der Waals surface area contributed by atoms with Crippen molar-refractivity contribution in [1.29, 1.82) is 0 Å². The molecule has 0 aromatic carbocycles. The molecule has 0 aromatic heterocycles. The summed E-state index contributed by atoms with van der Waals surface area (Å²) in [7, 11) is 0. The first kappa shape index (κ1) is 9.69. The molecule has 0 aromatic rings. The van der Waals surface area contributed by atoms with Crippen LogP contribution in [-0.2, 0) is 4.79 Å². The zero-order chi connectivity index (χ0) is 7.98. The lowest BCUT2D eigenvalue weighted by Gasteiger charge is -1.93. The highest BCUT2D eigenvalue weighted by Crippen LogP contribution is 2.13. The van der Waals surface area contributed by atoms with E-state index in [9.17, 15) is 4.79 Å². The Morgan fingerprint density at radius 3 is 2.70 bits per heavy atom. The van der Waals surface area contributed by atoms with Crippen molar-refractivity contribution in [1.82, 2.24) is 0 Å². The molecule has 0 bridgehead atoms. The van der Waals surface area contributed by atoms with Gasteiger partial charge in [-0.05, 0) is 12.8 Å². The average molecular weight is 207 g/mol. The van der Waals surface area contributed by atoms with Crippen LogP contribution in [0.4, 0.5) is 0 Å². The first-order valence-corrected chi connectivity index (χ1v) is 4.05. The summed E-state index contributed by atoms with van der Waals surface area (Å²) in [4.78, 5) is 10.1. The Balaban J connectivity index is 3.60. The van der Waals surface area contributed by atoms with Crippen molar-refractivity contribution in [3.63, 3.8) is 0 Å². The topological polar surface area (TPSA) is 37.3 Å². The molecule has 0 unspecified atom stereocenters. The largest absolute Gasteiger partial charge is 0.478 e. The van der Waals surface area contributed by atoms with Crippen LogP contribution in [0.15, 0.2) is 10.6 Å². The van der Waals surface area contributed by atoms with Gasteiger partial charge < -0.3 is 5.11 Å². The summed E-state index contributed by atoms with van der Waals surface area (Å²) in [5, 5.41) is 8.28. The first-order valence-electron chi connectivity index (χ1n) is 3.25. The Morgan fingerprint density at radius 2 is 2.30 bits per heavy atom. The van der Waals surface area contributed by atoms with Gasteiger partial charge in [0.2, 0.25) is 0 Å². The molecule has 0 amide bonds. The van der Waals surface area contributed by atoms with Crippen molar-refractivity contribution in [2.75, 3.05) is 0 Å². The van der Waals surface area contributed by atoms with E-state index in [0.29, 0.717) is 0 Å². The summed E-state index contributed by atoms with van der Waals surface area (Å²) in [5.74, 6) is -0.886. The van der Waals surface area contributed by atoms with Gasteiger partial charge >= 0.3 is 5.97 Å². The SMILES string of the molecule is CCCC/C(Br)=C/C(=O)O. The van der Waals surface area contributed by atoms with Crippen molar-refractivity contribution < 1.29 is 9.90 Å². The zero-order valence-corrected chi connectivity index (χ0v) is 7.52. The van der Waals surface area contributed by atoms with E-state index in [0.717, 1.165) is 23.7 Å². The van der Waals surface area contributed by atoms with E-state index in [1.807, 2.05) is 0 Å². The van der Waals surface area contributed by atoms with E-state index in [2.05, 4.69) is 22.9 Å². The van der Waals surface area contributed by atoms with Crippen LogP contribution in [0.3, 0.4) is 0 Å². The smallest absolute Gasteiger partial charge is 0.329 e. The van der Waals surface area contributed by atoms with Crippen LogP contribution < -0.4 is 0 Å². The van der Waals surface area contributed by atoms with E-state index < -0.39 is 5.97 Å². The van der Waals surface area contributed by atoms with Crippen LogP contribution in [-0.4, -0.2) is 11.1 Å². The van der Waals surface area contributed by atoms with Crippen LogP contribution in [0, 0.1) is 0 Å². The fourth-order valence-electron chi connectivity index (χ4n) is 0.552. The Labute approximate surface area is 69.1 Å².